The number of carbonyl (C=O) groups is 1. The smallest absolute Gasteiger partial charge is 0.308 e. The van der Waals surface area contributed by atoms with E-state index in [1.807, 2.05) is 6.92 Å². The number of rotatable bonds is 2. The van der Waals surface area contributed by atoms with E-state index >= 15 is 0 Å². The van der Waals surface area contributed by atoms with Crippen LogP contribution < -0.4 is 5.73 Å². The van der Waals surface area contributed by atoms with Crippen LogP contribution >= 0.6 is 0 Å². The van der Waals surface area contributed by atoms with Crippen molar-refractivity contribution in [2.24, 2.45) is 17.8 Å². The number of aryl methyl sites for hydroxylation is 1. The molecule has 0 saturated heterocycles. The van der Waals surface area contributed by atoms with Gasteiger partial charge in [0.05, 0.1) is 19.2 Å². The van der Waals surface area contributed by atoms with Gasteiger partial charge in [0.2, 0.25) is 0 Å². The van der Waals surface area contributed by atoms with Crippen LogP contribution in [0.2, 0.25) is 0 Å². The van der Waals surface area contributed by atoms with E-state index in [-0.39, 0.29) is 17.7 Å². The lowest BCUT2D eigenvalue weighted by Gasteiger charge is -2.40. The second-order valence-corrected chi connectivity index (χ2v) is 6.02. The lowest BCUT2D eigenvalue weighted by atomic mass is 9.65. The second-order valence-electron chi connectivity index (χ2n) is 6.02. The first kappa shape index (κ1) is 16.6. The van der Waals surface area contributed by atoms with Crippen LogP contribution in [0, 0.1) is 23.6 Å². The van der Waals surface area contributed by atoms with Gasteiger partial charge in [-0.15, -0.1) is 0 Å². The SMILES string of the molecule is CCc1ncc(F)c(N)n1.COC(=O)C1CC2CCC1CC2. The summed E-state index contributed by atoms with van der Waals surface area (Å²) < 4.78 is 17.2. The van der Waals surface area contributed by atoms with E-state index in [1.165, 1.54) is 32.8 Å². The highest BCUT2D eigenvalue weighted by Crippen LogP contribution is 2.45. The summed E-state index contributed by atoms with van der Waals surface area (Å²) in [5, 5.41) is 0. The predicted molar refractivity (Wildman–Crippen MR) is 81.4 cm³/mol. The van der Waals surface area contributed by atoms with Crippen LogP contribution in [0.4, 0.5) is 10.2 Å². The van der Waals surface area contributed by atoms with Crippen molar-refractivity contribution in [3.63, 3.8) is 0 Å². The molecular formula is C16H24FN3O2. The quantitative estimate of drug-likeness (QED) is 0.850. The third-order valence-electron chi connectivity index (χ3n) is 4.69. The number of nitrogen functional groups attached to an aromatic ring is 1. The molecule has 0 spiro atoms. The van der Waals surface area contributed by atoms with E-state index < -0.39 is 5.82 Å². The van der Waals surface area contributed by atoms with Gasteiger partial charge in [0.25, 0.3) is 0 Å². The van der Waals surface area contributed by atoms with Crippen LogP contribution in [0.15, 0.2) is 6.20 Å². The van der Waals surface area contributed by atoms with E-state index in [0.29, 0.717) is 18.2 Å². The molecular weight excluding hydrogens is 285 g/mol. The highest BCUT2D eigenvalue weighted by atomic mass is 19.1. The van der Waals surface area contributed by atoms with Crippen LogP contribution in [-0.4, -0.2) is 23.0 Å². The summed E-state index contributed by atoms with van der Waals surface area (Å²) in [6.07, 6.45) is 8.05. The summed E-state index contributed by atoms with van der Waals surface area (Å²) in [4.78, 5) is 18.7. The van der Waals surface area contributed by atoms with Gasteiger partial charge < -0.3 is 10.5 Å². The molecule has 2 N–H and O–H groups in total. The van der Waals surface area contributed by atoms with Crippen molar-refractivity contribution in [2.75, 3.05) is 12.8 Å². The molecule has 1 aromatic heterocycles. The van der Waals surface area contributed by atoms with Gasteiger partial charge in [-0.2, -0.15) is 0 Å². The zero-order chi connectivity index (χ0) is 16.1. The van der Waals surface area contributed by atoms with Gasteiger partial charge in [-0.1, -0.05) is 19.8 Å². The molecule has 0 amide bonds. The first-order chi connectivity index (χ1) is 10.5. The number of hydrogen-bond donors (Lipinski definition) is 1. The fraction of sp³-hybridized carbons (Fsp3) is 0.688. The van der Waals surface area contributed by atoms with Gasteiger partial charge in [-0.3, -0.25) is 4.79 Å². The Labute approximate surface area is 130 Å². The molecule has 22 heavy (non-hydrogen) atoms. The maximum Gasteiger partial charge on any atom is 0.308 e. The Balaban J connectivity index is 0.000000164. The topological polar surface area (TPSA) is 78.1 Å². The van der Waals surface area contributed by atoms with E-state index in [2.05, 4.69) is 9.97 Å². The van der Waals surface area contributed by atoms with Crippen LogP contribution in [0.3, 0.4) is 0 Å². The van der Waals surface area contributed by atoms with Gasteiger partial charge in [0.15, 0.2) is 11.6 Å². The lowest BCUT2D eigenvalue weighted by Crippen LogP contribution is -2.36. The molecule has 6 heteroatoms. The van der Waals surface area contributed by atoms with Crippen molar-refractivity contribution in [3.05, 3.63) is 17.8 Å². The number of esters is 1. The fourth-order valence-electron chi connectivity index (χ4n) is 3.41. The fourth-order valence-corrected chi connectivity index (χ4v) is 3.41. The lowest BCUT2D eigenvalue weighted by molar-refractivity contribution is -0.151. The summed E-state index contributed by atoms with van der Waals surface area (Å²) in [7, 11) is 1.50. The number of ether oxygens (including phenoxy) is 1. The van der Waals surface area contributed by atoms with Crippen molar-refractivity contribution in [1.29, 1.82) is 0 Å². The maximum atomic E-state index is 12.4. The van der Waals surface area contributed by atoms with Crippen LogP contribution in [-0.2, 0) is 16.0 Å². The van der Waals surface area contributed by atoms with Gasteiger partial charge in [0.1, 0.15) is 5.82 Å². The molecule has 0 aliphatic heterocycles. The van der Waals surface area contributed by atoms with Crippen LogP contribution in [0.1, 0.15) is 44.9 Å². The molecule has 1 unspecified atom stereocenters. The van der Waals surface area contributed by atoms with Gasteiger partial charge in [-0.25, -0.2) is 14.4 Å². The van der Waals surface area contributed by atoms with Crippen LogP contribution in [0.5, 0.6) is 0 Å². The zero-order valence-electron chi connectivity index (χ0n) is 13.2. The Morgan fingerprint density at radius 3 is 2.55 bits per heavy atom. The number of halogens is 1. The number of nitrogens with zero attached hydrogens (tertiary/aromatic N) is 2. The Morgan fingerprint density at radius 1 is 1.41 bits per heavy atom. The molecule has 0 radical (unpaired) electrons. The molecule has 3 aliphatic carbocycles. The Bertz CT molecular complexity index is 516. The molecule has 4 rings (SSSR count). The summed E-state index contributed by atoms with van der Waals surface area (Å²) in [6, 6.07) is 0. The van der Waals surface area contributed by atoms with Crippen LogP contribution in [0.25, 0.3) is 0 Å². The summed E-state index contributed by atoms with van der Waals surface area (Å²) in [6.45, 7) is 1.88. The number of methoxy groups -OCH3 is 1. The predicted octanol–water partition coefficient (Wildman–Crippen LogP) is 2.75. The molecule has 3 fully saturated rings. The normalized spacial score (nSPS) is 26.0. The highest BCUT2D eigenvalue weighted by Gasteiger charge is 2.39. The van der Waals surface area contributed by atoms with E-state index in [9.17, 15) is 9.18 Å². The number of carbonyl (C=O) groups excluding carboxylic acids is 1. The summed E-state index contributed by atoms with van der Waals surface area (Å²) >= 11 is 0. The first-order valence-corrected chi connectivity index (χ1v) is 7.89. The molecule has 1 heterocycles. The first-order valence-electron chi connectivity index (χ1n) is 7.89. The van der Waals surface area contributed by atoms with Crippen molar-refractivity contribution < 1.29 is 13.9 Å². The van der Waals surface area contributed by atoms with Crippen molar-refractivity contribution in [3.8, 4) is 0 Å². The second kappa shape index (κ2) is 7.51. The number of hydrogen-bond acceptors (Lipinski definition) is 5. The minimum absolute atomic E-state index is 0.0319. The molecule has 3 aliphatic rings. The minimum Gasteiger partial charge on any atom is -0.469 e. The highest BCUT2D eigenvalue weighted by molar-refractivity contribution is 5.72. The van der Waals surface area contributed by atoms with E-state index in [1.54, 1.807) is 0 Å². The monoisotopic (exact) mass is 309 g/mol. The van der Waals surface area contributed by atoms with Crippen molar-refractivity contribution in [2.45, 2.75) is 45.4 Å². The third-order valence-corrected chi connectivity index (χ3v) is 4.69. The Kier molecular flexibility index (Phi) is 5.69. The third kappa shape index (κ3) is 3.93. The molecule has 3 saturated carbocycles. The molecule has 1 aromatic rings. The average Bonchev–Trinajstić information content (AvgIpc) is 2.58. The maximum absolute atomic E-state index is 12.4. The largest absolute Gasteiger partial charge is 0.469 e. The minimum atomic E-state index is -0.558. The standard InChI is InChI=1S/C10H16O2.C6H8FN3/c1-12-10(11)9-6-7-2-4-8(9)5-3-7;1-2-5-9-3-4(7)6(8)10-5/h7-9H,2-6H2,1H3;3H,2H2,1H3,(H2,8,9,10). The Morgan fingerprint density at radius 2 is 2.09 bits per heavy atom. The zero-order valence-corrected chi connectivity index (χ0v) is 13.2. The molecule has 0 aromatic carbocycles. The number of anilines is 1. The van der Waals surface area contributed by atoms with E-state index in [4.69, 9.17) is 10.5 Å². The summed E-state index contributed by atoms with van der Waals surface area (Å²) in [5.41, 5.74) is 5.17. The molecule has 1 atom stereocenters. The van der Waals surface area contributed by atoms with Gasteiger partial charge in [-0.05, 0) is 31.1 Å². The van der Waals surface area contributed by atoms with E-state index in [0.717, 1.165) is 18.5 Å². The average molecular weight is 309 g/mol. The number of fused-ring (bicyclic) bond motifs is 3. The van der Waals surface area contributed by atoms with Gasteiger partial charge >= 0.3 is 5.97 Å². The number of nitrogens with two attached hydrogens (primary N) is 1. The van der Waals surface area contributed by atoms with Gasteiger partial charge in [0, 0.05) is 6.42 Å². The molecule has 5 nitrogen and oxygen atoms in total. The Hall–Kier alpha value is -1.72. The van der Waals surface area contributed by atoms with Crippen molar-refractivity contribution >= 4 is 11.8 Å². The number of aromatic nitrogens is 2. The molecule has 122 valence electrons. The molecule has 2 bridgehead atoms. The summed E-state index contributed by atoms with van der Waals surface area (Å²) in [5.74, 6) is 1.66. The van der Waals surface area contributed by atoms with Crippen molar-refractivity contribution in [1.82, 2.24) is 9.97 Å².